The molecule has 0 atom stereocenters. The monoisotopic (exact) mass is 233 g/mol. The first kappa shape index (κ1) is 11.3. The van der Waals surface area contributed by atoms with Crippen molar-refractivity contribution in [2.45, 2.75) is 13.0 Å². The second-order valence-corrected chi connectivity index (χ2v) is 3.84. The van der Waals surface area contributed by atoms with Gasteiger partial charge in [-0.15, -0.1) is 0 Å². The Labute approximate surface area is 99.0 Å². The summed E-state index contributed by atoms with van der Waals surface area (Å²) >= 11 is 0. The summed E-state index contributed by atoms with van der Waals surface area (Å²) in [4.78, 5) is 0. The Bertz CT molecular complexity index is 525. The molecule has 2 aromatic heterocycles. The fourth-order valence-corrected chi connectivity index (χ4v) is 1.74. The van der Waals surface area contributed by atoms with Gasteiger partial charge in [-0.25, -0.2) is 0 Å². The van der Waals surface area contributed by atoms with E-state index in [4.69, 9.17) is 10.9 Å². The van der Waals surface area contributed by atoms with Gasteiger partial charge in [0.05, 0.1) is 11.9 Å². The predicted molar refractivity (Wildman–Crippen MR) is 63.9 cm³/mol. The largest absolute Gasteiger partial charge is 0.409 e. The molecule has 0 saturated heterocycles. The second kappa shape index (κ2) is 4.73. The maximum atomic E-state index is 8.66. The molecule has 0 aliphatic heterocycles. The Kier molecular flexibility index (Phi) is 3.13. The second-order valence-electron chi connectivity index (χ2n) is 3.84. The normalized spacial score (nSPS) is 11.9. The smallest absolute Gasteiger partial charge is 0.186 e. The number of amidine groups is 1. The Morgan fingerprint density at radius 1 is 1.59 bits per heavy atom. The van der Waals surface area contributed by atoms with Crippen LogP contribution in [0.1, 0.15) is 11.3 Å². The van der Waals surface area contributed by atoms with E-state index in [0.29, 0.717) is 0 Å². The molecule has 0 bridgehead atoms. The van der Waals surface area contributed by atoms with Gasteiger partial charge in [-0.05, 0) is 24.1 Å². The van der Waals surface area contributed by atoms with E-state index in [2.05, 4.69) is 10.3 Å². The molecule has 6 heteroatoms. The van der Waals surface area contributed by atoms with Crippen LogP contribution >= 0.6 is 0 Å². The van der Waals surface area contributed by atoms with Crippen molar-refractivity contribution in [1.82, 2.24) is 14.3 Å². The fraction of sp³-hybridized carbons (Fsp3) is 0.273. The molecule has 0 unspecified atom stereocenters. The fourth-order valence-electron chi connectivity index (χ4n) is 1.74. The van der Waals surface area contributed by atoms with Crippen molar-refractivity contribution < 1.29 is 5.21 Å². The zero-order chi connectivity index (χ0) is 12.3. The Hall–Kier alpha value is -2.24. The summed E-state index contributed by atoms with van der Waals surface area (Å²) in [5, 5.41) is 15.8. The van der Waals surface area contributed by atoms with Crippen molar-refractivity contribution in [3.05, 3.63) is 42.0 Å². The third-order valence-corrected chi connectivity index (χ3v) is 2.60. The lowest BCUT2D eigenvalue weighted by atomic mass is 10.2. The van der Waals surface area contributed by atoms with Crippen molar-refractivity contribution >= 4 is 5.84 Å². The number of rotatable bonds is 4. The van der Waals surface area contributed by atoms with Gasteiger partial charge in [-0.3, -0.25) is 4.68 Å². The van der Waals surface area contributed by atoms with Gasteiger partial charge in [0.25, 0.3) is 0 Å². The Morgan fingerprint density at radius 2 is 2.41 bits per heavy atom. The van der Waals surface area contributed by atoms with Gasteiger partial charge < -0.3 is 15.5 Å². The quantitative estimate of drug-likeness (QED) is 0.350. The molecule has 3 N–H and O–H groups in total. The Morgan fingerprint density at radius 3 is 3.06 bits per heavy atom. The van der Waals surface area contributed by atoms with Crippen molar-refractivity contribution in [2.24, 2.45) is 17.9 Å². The van der Waals surface area contributed by atoms with Gasteiger partial charge in [0.15, 0.2) is 5.84 Å². The zero-order valence-corrected chi connectivity index (χ0v) is 9.61. The number of nitrogens with zero attached hydrogens (tertiary/aromatic N) is 4. The van der Waals surface area contributed by atoms with Crippen molar-refractivity contribution in [2.75, 3.05) is 0 Å². The lowest BCUT2D eigenvalue weighted by molar-refractivity contribution is 0.318. The van der Waals surface area contributed by atoms with Gasteiger partial charge in [0.1, 0.15) is 0 Å². The van der Waals surface area contributed by atoms with Crippen LogP contribution < -0.4 is 5.73 Å². The molecule has 6 nitrogen and oxygen atoms in total. The number of oxime groups is 1. The standard InChI is InChI=1S/C11H15N5O/c1-15-8-9(7-13-15)4-6-16-5-2-3-10(16)11(12)14-17/h2-3,5,7-8,17H,4,6H2,1H3,(H2,12,14). The lowest BCUT2D eigenvalue weighted by Crippen LogP contribution is -2.18. The van der Waals surface area contributed by atoms with E-state index in [1.165, 1.54) is 0 Å². The van der Waals surface area contributed by atoms with Crippen LogP contribution in [0.3, 0.4) is 0 Å². The molecule has 0 aromatic carbocycles. The minimum Gasteiger partial charge on any atom is -0.409 e. The van der Waals surface area contributed by atoms with Crippen LogP contribution in [-0.2, 0) is 20.0 Å². The molecular weight excluding hydrogens is 218 g/mol. The van der Waals surface area contributed by atoms with Crippen LogP contribution in [0.15, 0.2) is 35.9 Å². The summed E-state index contributed by atoms with van der Waals surface area (Å²) in [6, 6.07) is 3.69. The average molecular weight is 233 g/mol. The summed E-state index contributed by atoms with van der Waals surface area (Å²) in [6.07, 6.45) is 6.58. The van der Waals surface area contributed by atoms with Crippen LogP contribution in [0, 0.1) is 0 Å². The first-order chi connectivity index (χ1) is 8.20. The first-order valence-corrected chi connectivity index (χ1v) is 5.31. The van der Waals surface area contributed by atoms with E-state index in [1.807, 2.05) is 42.3 Å². The van der Waals surface area contributed by atoms with E-state index in [-0.39, 0.29) is 5.84 Å². The van der Waals surface area contributed by atoms with Crippen LogP contribution in [-0.4, -0.2) is 25.4 Å². The minimum absolute atomic E-state index is 0.126. The van der Waals surface area contributed by atoms with Crippen LogP contribution in [0.4, 0.5) is 0 Å². The summed E-state index contributed by atoms with van der Waals surface area (Å²) in [7, 11) is 1.89. The van der Waals surface area contributed by atoms with E-state index >= 15 is 0 Å². The summed E-state index contributed by atoms with van der Waals surface area (Å²) in [5.74, 6) is 0.126. The highest BCUT2D eigenvalue weighted by Gasteiger charge is 2.06. The minimum atomic E-state index is 0.126. The topological polar surface area (TPSA) is 81.4 Å². The van der Waals surface area contributed by atoms with E-state index in [0.717, 1.165) is 24.2 Å². The van der Waals surface area contributed by atoms with E-state index in [9.17, 15) is 0 Å². The van der Waals surface area contributed by atoms with Gasteiger partial charge in [-0.1, -0.05) is 5.16 Å². The number of nitrogens with two attached hydrogens (primary N) is 1. The van der Waals surface area contributed by atoms with Crippen LogP contribution in [0.5, 0.6) is 0 Å². The Balaban J connectivity index is 2.07. The molecule has 0 amide bonds. The van der Waals surface area contributed by atoms with Gasteiger partial charge >= 0.3 is 0 Å². The molecule has 17 heavy (non-hydrogen) atoms. The average Bonchev–Trinajstić information content (AvgIpc) is 2.94. The zero-order valence-electron chi connectivity index (χ0n) is 9.61. The third kappa shape index (κ3) is 2.47. The highest BCUT2D eigenvalue weighted by Crippen LogP contribution is 2.05. The molecule has 0 aliphatic rings. The van der Waals surface area contributed by atoms with Gasteiger partial charge in [-0.2, -0.15) is 5.10 Å². The molecule has 2 rings (SSSR count). The van der Waals surface area contributed by atoms with Crippen LogP contribution in [0.2, 0.25) is 0 Å². The first-order valence-electron chi connectivity index (χ1n) is 5.31. The number of aryl methyl sites for hydroxylation is 3. The molecule has 0 saturated carbocycles. The molecule has 90 valence electrons. The molecule has 0 aliphatic carbocycles. The third-order valence-electron chi connectivity index (χ3n) is 2.60. The maximum absolute atomic E-state index is 8.66. The predicted octanol–water partition coefficient (Wildman–Crippen LogP) is 0.559. The van der Waals surface area contributed by atoms with Crippen molar-refractivity contribution in [1.29, 1.82) is 0 Å². The highest BCUT2D eigenvalue weighted by molar-refractivity contribution is 5.95. The number of aromatic nitrogens is 3. The number of hydrogen-bond donors (Lipinski definition) is 2. The lowest BCUT2D eigenvalue weighted by Gasteiger charge is -2.06. The molecular formula is C11H15N5O. The maximum Gasteiger partial charge on any atom is 0.186 e. The van der Waals surface area contributed by atoms with Gasteiger partial charge in [0, 0.05) is 26.0 Å². The molecule has 0 radical (unpaired) electrons. The van der Waals surface area contributed by atoms with E-state index in [1.54, 1.807) is 4.68 Å². The van der Waals surface area contributed by atoms with E-state index < -0.39 is 0 Å². The van der Waals surface area contributed by atoms with Crippen molar-refractivity contribution in [3.63, 3.8) is 0 Å². The van der Waals surface area contributed by atoms with Gasteiger partial charge in [0.2, 0.25) is 0 Å². The molecule has 2 aromatic rings. The van der Waals surface area contributed by atoms with Crippen LogP contribution in [0.25, 0.3) is 0 Å². The summed E-state index contributed by atoms with van der Waals surface area (Å²) < 4.78 is 3.72. The van der Waals surface area contributed by atoms with Crippen molar-refractivity contribution in [3.8, 4) is 0 Å². The summed E-state index contributed by atoms with van der Waals surface area (Å²) in [6.45, 7) is 0.768. The molecule has 0 spiro atoms. The number of hydrogen-bond acceptors (Lipinski definition) is 3. The highest BCUT2D eigenvalue weighted by atomic mass is 16.4. The SMILES string of the molecule is Cn1cc(CCn2cccc2/C(N)=N/O)cn1. The molecule has 2 heterocycles. The summed E-state index contributed by atoms with van der Waals surface area (Å²) in [5.41, 5.74) is 7.45. The molecule has 0 fully saturated rings.